The summed E-state index contributed by atoms with van der Waals surface area (Å²) in [4.78, 5) is 0. The molecular formula is C16H33CuF. The maximum absolute atomic E-state index is 11.8. The van der Waals surface area contributed by atoms with Gasteiger partial charge in [-0.05, 0) is 6.42 Å². The first-order chi connectivity index (χ1) is 8.41. The third-order valence-electron chi connectivity index (χ3n) is 3.49. The molecule has 0 aliphatic carbocycles. The molecule has 2 heteroatoms. The third-order valence-corrected chi connectivity index (χ3v) is 3.49. The summed E-state index contributed by atoms with van der Waals surface area (Å²) in [5.74, 6) is 0. The minimum atomic E-state index is -0.127. The van der Waals surface area contributed by atoms with Crippen LogP contribution in [-0.4, -0.2) is 6.67 Å². The van der Waals surface area contributed by atoms with Crippen molar-refractivity contribution < 1.29 is 21.5 Å². The molecule has 0 heterocycles. The van der Waals surface area contributed by atoms with Gasteiger partial charge in [0.2, 0.25) is 0 Å². The van der Waals surface area contributed by atoms with Gasteiger partial charge in [0.15, 0.2) is 0 Å². The molecule has 0 aromatic rings. The Bertz CT molecular complexity index is 114. The Morgan fingerprint density at radius 1 is 0.500 bits per heavy atom. The first-order valence-electron chi connectivity index (χ1n) is 7.97. The molecule has 0 spiro atoms. The van der Waals surface area contributed by atoms with Crippen molar-refractivity contribution in [3.8, 4) is 0 Å². The minimum Gasteiger partial charge on any atom is -0.251 e. The number of rotatable bonds is 14. The van der Waals surface area contributed by atoms with Crippen LogP contribution in [0.2, 0.25) is 0 Å². The van der Waals surface area contributed by atoms with Gasteiger partial charge in [-0.2, -0.15) is 0 Å². The van der Waals surface area contributed by atoms with Crippen molar-refractivity contribution in [1.82, 2.24) is 0 Å². The molecule has 115 valence electrons. The maximum atomic E-state index is 11.8. The molecule has 0 saturated heterocycles. The molecule has 0 aromatic heterocycles. The molecule has 0 rings (SSSR count). The van der Waals surface area contributed by atoms with E-state index in [0.717, 1.165) is 12.8 Å². The fourth-order valence-electron chi connectivity index (χ4n) is 2.29. The Labute approximate surface area is 125 Å². The molecule has 0 atom stereocenters. The predicted molar refractivity (Wildman–Crippen MR) is 76.3 cm³/mol. The van der Waals surface area contributed by atoms with Gasteiger partial charge in [0.1, 0.15) is 0 Å². The van der Waals surface area contributed by atoms with Gasteiger partial charge >= 0.3 is 0 Å². The molecule has 0 unspecified atom stereocenters. The van der Waals surface area contributed by atoms with Crippen molar-refractivity contribution in [3.05, 3.63) is 0 Å². The Balaban J connectivity index is 0. The molecule has 0 fully saturated rings. The fourth-order valence-corrected chi connectivity index (χ4v) is 2.29. The normalized spacial score (nSPS) is 10.3. The Morgan fingerprint density at radius 3 is 1.06 bits per heavy atom. The largest absolute Gasteiger partial charge is 0.251 e. The molecule has 0 aromatic carbocycles. The summed E-state index contributed by atoms with van der Waals surface area (Å²) in [5, 5.41) is 0. The van der Waals surface area contributed by atoms with Crippen molar-refractivity contribution in [1.29, 1.82) is 0 Å². The Morgan fingerprint density at radius 2 is 0.778 bits per heavy atom. The van der Waals surface area contributed by atoms with Crippen LogP contribution in [0, 0.1) is 0 Å². The quantitative estimate of drug-likeness (QED) is 0.256. The molecule has 0 bridgehead atoms. The molecule has 0 amide bonds. The summed E-state index contributed by atoms with van der Waals surface area (Å²) in [6.45, 7) is 2.14. The van der Waals surface area contributed by atoms with Crippen molar-refractivity contribution >= 4 is 0 Å². The zero-order chi connectivity index (χ0) is 12.6. The third kappa shape index (κ3) is 18.8. The Kier molecular flexibility index (Phi) is 22.8. The van der Waals surface area contributed by atoms with E-state index in [2.05, 4.69) is 6.92 Å². The number of unbranched alkanes of at least 4 members (excludes halogenated alkanes) is 13. The summed E-state index contributed by atoms with van der Waals surface area (Å²) in [6.07, 6.45) is 18.5. The Hall–Kier alpha value is 0.449. The number of hydrogen-bond donors (Lipinski definition) is 0. The molecule has 1 radical (unpaired) electrons. The van der Waals surface area contributed by atoms with E-state index in [4.69, 9.17) is 0 Å². The molecular weight excluding hydrogens is 275 g/mol. The van der Waals surface area contributed by atoms with E-state index in [1.165, 1.54) is 77.0 Å². The summed E-state index contributed by atoms with van der Waals surface area (Å²) in [5.41, 5.74) is 0. The van der Waals surface area contributed by atoms with Crippen LogP contribution >= 0.6 is 0 Å². The monoisotopic (exact) mass is 307 g/mol. The van der Waals surface area contributed by atoms with Gasteiger partial charge < -0.3 is 0 Å². The predicted octanol–water partition coefficient (Wildman–Crippen LogP) is 6.43. The van der Waals surface area contributed by atoms with Crippen LogP contribution in [0.3, 0.4) is 0 Å². The average Bonchev–Trinajstić information content (AvgIpc) is 2.35. The SMILES string of the molecule is CCCCCCCCCCCCCCCCF.[Cu]. The van der Waals surface area contributed by atoms with Crippen molar-refractivity contribution in [2.75, 3.05) is 6.67 Å². The van der Waals surface area contributed by atoms with Crippen LogP contribution in [0.25, 0.3) is 0 Å². The molecule has 0 nitrogen and oxygen atoms in total. The summed E-state index contributed by atoms with van der Waals surface area (Å²) >= 11 is 0. The maximum Gasteiger partial charge on any atom is 0.0894 e. The minimum absolute atomic E-state index is 0. The average molecular weight is 308 g/mol. The van der Waals surface area contributed by atoms with Gasteiger partial charge in [-0.1, -0.05) is 90.4 Å². The topological polar surface area (TPSA) is 0 Å². The van der Waals surface area contributed by atoms with Gasteiger partial charge in [0.05, 0.1) is 6.67 Å². The first-order valence-corrected chi connectivity index (χ1v) is 7.97. The smallest absolute Gasteiger partial charge is 0.0894 e. The zero-order valence-electron chi connectivity index (χ0n) is 12.3. The molecule has 18 heavy (non-hydrogen) atoms. The van der Waals surface area contributed by atoms with Crippen LogP contribution in [-0.2, 0) is 17.1 Å². The standard InChI is InChI=1S/C16H33F.Cu/c1-2-3-4-5-6-7-8-9-10-11-12-13-14-15-16-17;/h2-16H2,1H3;. The van der Waals surface area contributed by atoms with Gasteiger partial charge in [-0.15, -0.1) is 0 Å². The fraction of sp³-hybridized carbons (Fsp3) is 1.00. The van der Waals surface area contributed by atoms with Crippen LogP contribution < -0.4 is 0 Å². The van der Waals surface area contributed by atoms with Gasteiger partial charge in [0.25, 0.3) is 0 Å². The summed E-state index contributed by atoms with van der Waals surface area (Å²) < 4.78 is 11.8. The zero-order valence-corrected chi connectivity index (χ0v) is 13.2. The van der Waals surface area contributed by atoms with Gasteiger partial charge in [-0.3, -0.25) is 4.39 Å². The number of halogens is 1. The van der Waals surface area contributed by atoms with E-state index in [1.54, 1.807) is 0 Å². The van der Waals surface area contributed by atoms with Crippen molar-refractivity contribution in [2.24, 2.45) is 0 Å². The molecule has 0 aliphatic rings. The second-order valence-electron chi connectivity index (χ2n) is 5.29. The summed E-state index contributed by atoms with van der Waals surface area (Å²) in [6, 6.07) is 0. The van der Waals surface area contributed by atoms with Gasteiger partial charge in [-0.25, -0.2) is 0 Å². The van der Waals surface area contributed by atoms with Crippen LogP contribution in [0.4, 0.5) is 4.39 Å². The summed E-state index contributed by atoms with van der Waals surface area (Å²) in [7, 11) is 0. The van der Waals surface area contributed by atoms with E-state index in [9.17, 15) is 4.39 Å². The molecule has 0 N–H and O–H groups in total. The van der Waals surface area contributed by atoms with E-state index in [0.29, 0.717) is 0 Å². The second kappa shape index (κ2) is 19.8. The number of alkyl halides is 1. The molecule has 0 aliphatic heterocycles. The van der Waals surface area contributed by atoms with E-state index < -0.39 is 0 Å². The van der Waals surface area contributed by atoms with Crippen LogP contribution in [0.15, 0.2) is 0 Å². The van der Waals surface area contributed by atoms with Crippen molar-refractivity contribution in [3.63, 3.8) is 0 Å². The van der Waals surface area contributed by atoms with E-state index in [-0.39, 0.29) is 23.7 Å². The van der Waals surface area contributed by atoms with E-state index >= 15 is 0 Å². The van der Waals surface area contributed by atoms with Gasteiger partial charge in [0, 0.05) is 17.1 Å². The number of hydrogen-bond acceptors (Lipinski definition) is 0. The first kappa shape index (κ1) is 20.8. The second-order valence-corrected chi connectivity index (χ2v) is 5.29. The molecule has 0 saturated carbocycles. The van der Waals surface area contributed by atoms with Crippen LogP contribution in [0.1, 0.15) is 96.8 Å². The van der Waals surface area contributed by atoms with Crippen LogP contribution in [0.5, 0.6) is 0 Å². The van der Waals surface area contributed by atoms with E-state index in [1.807, 2.05) is 0 Å². The van der Waals surface area contributed by atoms with Crippen molar-refractivity contribution in [2.45, 2.75) is 96.8 Å².